The summed E-state index contributed by atoms with van der Waals surface area (Å²) < 4.78 is 5.71. The van der Waals surface area contributed by atoms with Crippen molar-refractivity contribution in [2.45, 2.75) is 97.9 Å². The summed E-state index contributed by atoms with van der Waals surface area (Å²) in [4.78, 5) is 64.7. The number of amides is 3. The average Bonchev–Trinajstić information content (AvgIpc) is 3.48. The van der Waals surface area contributed by atoms with Gasteiger partial charge in [-0.15, -0.1) is 23.7 Å². The van der Waals surface area contributed by atoms with Crippen molar-refractivity contribution in [2.75, 3.05) is 26.7 Å². The Hall–Kier alpha value is -3.21. The number of terminal acetylenes is 1. The number of nitrogens with zero attached hydrogens (tertiary/aromatic N) is 3. The van der Waals surface area contributed by atoms with Crippen LogP contribution in [0.15, 0.2) is 5.38 Å². The first-order valence-electron chi connectivity index (χ1n) is 15.5. The number of piperidine rings is 1. The number of hydrogen-bond donors (Lipinski definition) is 3. The Labute approximate surface area is 265 Å². The Kier molecular flexibility index (Phi) is 15.6. The molecule has 0 aliphatic carbocycles. The van der Waals surface area contributed by atoms with E-state index in [4.69, 9.17) is 16.0 Å². The molecule has 2 heterocycles. The Morgan fingerprint density at radius 1 is 1.25 bits per heavy atom. The number of rotatable bonds is 17. The molecule has 0 unspecified atom stereocenters. The first kappa shape index (κ1) is 37.0. The molecule has 0 aromatic carbocycles. The summed E-state index contributed by atoms with van der Waals surface area (Å²) in [5, 5.41) is 18.0. The average molecular weight is 636 g/mol. The minimum absolute atomic E-state index is 0.0580. The molecule has 0 radical (unpaired) electrons. The molecule has 1 aliphatic heterocycles. The van der Waals surface area contributed by atoms with Crippen molar-refractivity contribution in [1.82, 2.24) is 25.6 Å². The van der Waals surface area contributed by atoms with E-state index in [9.17, 15) is 24.3 Å². The number of thiazole rings is 1. The van der Waals surface area contributed by atoms with Crippen LogP contribution in [0.3, 0.4) is 0 Å². The smallest absolute Gasteiger partial charge is 0.407 e. The molecule has 1 fully saturated rings. The third kappa shape index (κ3) is 10.7. The predicted molar refractivity (Wildman–Crippen MR) is 167 cm³/mol. The fourth-order valence-electron chi connectivity index (χ4n) is 5.06. The van der Waals surface area contributed by atoms with Crippen molar-refractivity contribution in [3.8, 4) is 12.3 Å². The topological polar surface area (TPSA) is 150 Å². The van der Waals surface area contributed by atoms with Gasteiger partial charge in [0.25, 0.3) is 5.91 Å². The van der Waals surface area contributed by atoms with Crippen molar-refractivity contribution < 1.29 is 33.9 Å². The highest BCUT2D eigenvalue weighted by Gasteiger charge is 2.41. The van der Waals surface area contributed by atoms with Crippen LogP contribution in [0.4, 0.5) is 4.79 Å². The van der Waals surface area contributed by atoms with Crippen molar-refractivity contribution in [3.05, 3.63) is 16.1 Å². The van der Waals surface area contributed by atoms with Crippen LogP contribution in [0.5, 0.6) is 0 Å². The quantitative estimate of drug-likeness (QED) is 0.0977. The third-order valence-electron chi connectivity index (χ3n) is 7.87. The maximum absolute atomic E-state index is 14.4. The lowest BCUT2D eigenvalue weighted by molar-refractivity contribution is -0.214. The van der Waals surface area contributed by atoms with E-state index in [1.165, 1.54) is 10.4 Å². The summed E-state index contributed by atoms with van der Waals surface area (Å²) in [6, 6.07) is -0.665. The first-order valence-corrected chi connectivity index (χ1v) is 16.4. The Morgan fingerprint density at radius 3 is 2.55 bits per heavy atom. The van der Waals surface area contributed by atoms with Gasteiger partial charge < -0.3 is 20.5 Å². The Balaban J connectivity index is 2.48. The number of nitrogens with one attached hydrogen (secondary N) is 2. The number of ether oxygens (including phenoxy) is 1. The second-order valence-corrected chi connectivity index (χ2v) is 12.4. The van der Waals surface area contributed by atoms with Crippen LogP contribution in [0, 0.1) is 30.1 Å². The Morgan fingerprint density at radius 2 is 1.98 bits per heavy atom. The molecule has 13 heteroatoms. The maximum atomic E-state index is 14.4. The molecule has 1 aromatic rings. The molecule has 1 saturated heterocycles. The number of carbonyl (C=O) groups is 4. The molecule has 44 heavy (non-hydrogen) atoms. The number of hydroxylamine groups is 2. The van der Waals surface area contributed by atoms with Gasteiger partial charge in [-0.2, -0.15) is 0 Å². The molecule has 0 spiro atoms. The van der Waals surface area contributed by atoms with Gasteiger partial charge in [0.1, 0.15) is 10.9 Å². The molecule has 3 amide bonds. The van der Waals surface area contributed by atoms with Crippen LogP contribution in [0.2, 0.25) is 0 Å². The van der Waals surface area contributed by atoms with Gasteiger partial charge in [0.05, 0.1) is 18.8 Å². The summed E-state index contributed by atoms with van der Waals surface area (Å²) >= 11 is 1.05. The normalized spacial score (nSPS) is 18.0. The van der Waals surface area contributed by atoms with E-state index in [0.717, 1.165) is 37.1 Å². The van der Waals surface area contributed by atoms with E-state index in [1.54, 1.807) is 6.92 Å². The highest BCUT2D eigenvalue weighted by molar-refractivity contribution is 7.09. The zero-order chi connectivity index (χ0) is 32.8. The zero-order valence-electron chi connectivity index (χ0n) is 26.8. The minimum Gasteiger partial charge on any atom is -0.476 e. The number of carboxylic acids is 1. The molecule has 246 valence electrons. The molecule has 5 atom stereocenters. The summed E-state index contributed by atoms with van der Waals surface area (Å²) in [5.74, 6) is -1.01. The van der Waals surface area contributed by atoms with Crippen molar-refractivity contribution in [1.29, 1.82) is 0 Å². The molecule has 2 rings (SSSR count). The third-order valence-corrected chi connectivity index (χ3v) is 8.80. The molecule has 0 bridgehead atoms. The summed E-state index contributed by atoms with van der Waals surface area (Å²) in [6.07, 6.45) is 8.01. The molecule has 12 nitrogen and oxygen atoms in total. The van der Waals surface area contributed by atoms with E-state index in [1.807, 2.05) is 34.7 Å². The highest BCUT2D eigenvalue weighted by atomic mass is 32.1. The van der Waals surface area contributed by atoms with Crippen LogP contribution in [0.1, 0.15) is 101 Å². The Bertz CT molecular complexity index is 1140. The van der Waals surface area contributed by atoms with Gasteiger partial charge in [-0.1, -0.05) is 34.1 Å². The number of unbranched alkanes of at least 4 members (excludes halogenated alkanes) is 1. The molecule has 1 aromatic heterocycles. The number of carbonyl (C=O) groups excluding carboxylic acids is 3. The first-order chi connectivity index (χ1) is 20.9. The van der Waals surface area contributed by atoms with Gasteiger partial charge in [0, 0.05) is 24.8 Å². The lowest BCUT2D eigenvalue weighted by Crippen LogP contribution is -2.55. The summed E-state index contributed by atoms with van der Waals surface area (Å²) in [5.41, 5.74) is -0.171. The highest BCUT2D eigenvalue weighted by Crippen LogP contribution is 2.32. The van der Waals surface area contributed by atoms with Crippen LogP contribution < -0.4 is 10.6 Å². The van der Waals surface area contributed by atoms with Gasteiger partial charge in [0.15, 0.2) is 11.8 Å². The predicted octanol–water partition coefficient (Wildman–Crippen LogP) is 4.44. The fraction of sp³-hybridized carbons (Fsp3) is 0.710. The van der Waals surface area contributed by atoms with Crippen molar-refractivity contribution >= 4 is 35.2 Å². The van der Waals surface area contributed by atoms with Gasteiger partial charge in [-0.05, 0) is 58.0 Å². The number of aromatic carboxylic acids is 1. The maximum Gasteiger partial charge on any atom is 0.407 e. The van der Waals surface area contributed by atoms with Crippen LogP contribution in [-0.4, -0.2) is 82.9 Å². The van der Waals surface area contributed by atoms with Gasteiger partial charge in [-0.25, -0.2) is 19.6 Å². The number of carboxylic acid groups (broad SMARTS) is 1. The van der Waals surface area contributed by atoms with E-state index >= 15 is 0 Å². The van der Waals surface area contributed by atoms with Gasteiger partial charge >= 0.3 is 12.1 Å². The second-order valence-electron chi connectivity index (χ2n) is 11.5. The largest absolute Gasteiger partial charge is 0.476 e. The van der Waals surface area contributed by atoms with E-state index in [0.29, 0.717) is 25.8 Å². The summed E-state index contributed by atoms with van der Waals surface area (Å²) in [6.45, 7) is 10.7. The van der Waals surface area contributed by atoms with Crippen LogP contribution in [0.25, 0.3) is 0 Å². The molecule has 0 saturated carbocycles. The molecular weight excluding hydrogens is 586 g/mol. The molecule has 3 N–H and O–H groups in total. The molecular formula is C31H49N5O7S. The number of aromatic nitrogens is 1. The lowest BCUT2D eigenvalue weighted by Gasteiger charge is -2.38. The summed E-state index contributed by atoms with van der Waals surface area (Å²) in [7, 11) is 1.96. The van der Waals surface area contributed by atoms with Gasteiger partial charge in [-0.3, -0.25) is 19.3 Å². The molecule has 1 aliphatic rings. The van der Waals surface area contributed by atoms with E-state index in [2.05, 4.69) is 26.4 Å². The zero-order valence-corrected chi connectivity index (χ0v) is 27.7. The SMILES string of the molecule is C#CCCCON(C(=O)[C@H](C(=O)N[C@H]1CCCCN1C)[C@@H](C)CC)[C@H](C[C@@H](OC(=O)NCC)c1nc(C(=O)O)cs1)C(C)C. The van der Waals surface area contributed by atoms with Gasteiger partial charge in [0.2, 0.25) is 5.91 Å². The standard InChI is InChI=1S/C31H49N5O7S/c1-8-11-14-17-42-36(29(38)26(21(6)9-2)27(37)34-25-15-12-13-16-35(25)7)23(20(4)5)18-24(43-31(41)32-10-3)28-33-22(19-44-28)30(39)40/h1,19-21,23-26H,9-18H2,2-7H3,(H,32,41)(H,34,37)(H,39,40)/t21-,23+,24+,25+,26-/m0/s1. The van der Waals surface area contributed by atoms with E-state index in [-0.39, 0.29) is 47.6 Å². The van der Waals surface area contributed by atoms with E-state index < -0.39 is 36.0 Å². The van der Waals surface area contributed by atoms with Crippen molar-refractivity contribution in [3.63, 3.8) is 0 Å². The number of hydrogen-bond acceptors (Lipinski definition) is 9. The monoisotopic (exact) mass is 635 g/mol. The minimum atomic E-state index is -1.20. The fourth-order valence-corrected chi connectivity index (χ4v) is 5.90. The van der Waals surface area contributed by atoms with Crippen molar-refractivity contribution in [2.24, 2.45) is 17.8 Å². The number of likely N-dealkylation sites (tertiary alicyclic amines) is 1. The lowest BCUT2D eigenvalue weighted by atomic mass is 9.88. The number of alkyl carbamates (subject to hydrolysis) is 1. The second kappa shape index (κ2) is 18.6. The van der Waals surface area contributed by atoms with Crippen LogP contribution >= 0.6 is 11.3 Å². The van der Waals surface area contributed by atoms with Crippen LogP contribution in [-0.2, 0) is 19.2 Å².